The maximum atomic E-state index is 11.1. The summed E-state index contributed by atoms with van der Waals surface area (Å²) >= 11 is 0. The van der Waals surface area contributed by atoms with Crippen LogP contribution in [0.1, 0.15) is 56.2 Å². The second kappa shape index (κ2) is 6.37. The van der Waals surface area contributed by atoms with Crippen molar-refractivity contribution < 1.29 is 19.8 Å². The van der Waals surface area contributed by atoms with Crippen LogP contribution in [0.4, 0.5) is 0 Å². The number of rotatable bonds is 5. The molecule has 0 bridgehead atoms. The van der Waals surface area contributed by atoms with Crippen LogP contribution in [-0.4, -0.2) is 22.0 Å². The molecule has 4 nitrogen and oxygen atoms in total. The zero-order valence-corrected chi connectivity index (χ0v) is 12.2. The largest absolute Gasteiger partial charge is 0.507 e. The normalized spacial score (nSPS) is 12.0. The van der Waals surface area contributed by atoms with Gasteiger partial charge >= 0.3 is 5.97 Å². The Kier molecular flexibility index (Phi) is 5.08. The van der Waals surface area contributed by atoms with Gasteiger partial charge in [-0.05, 0) is 23.0 Å². The average Bonchev–Trinajstić information content (AvgIpc) is 2.37. The highest BCUT2D eigenvalue weighted by Gasteiger charge is 2.15. The van der Waals surface area contributed by atoms with Gasteiger partial charge in [0, 0.05) is 11.6 Å². The maximum Gasteiger partial charge on any atom is 0.376 e. The molecular formula is C16H20O4. The molecule has 0 atom stereocenters. The van der Waals surface area contributed by atoms with Gasteiger partial charge in [0.1, 0.15) is 5.76 Å². The molecule has 0 aliphatic carbocycles. The SMILES string of the molecule is CC(C)c1ccc(C(O)=CC(=O)C(=O)O)c(C(C)C)c1. The standard InChI is InChI=1S/C16H20O4/c1-9(2)11-5-6-12(13(7-11)10(3)4)14(17)8-15(18)16(19)20/h5-10,17H,1-4H3,(H,19,20). The van der Waals surface area contributed by atoms with Gasteiger partial charge in [0.2, 0.25) is 0 Å². The summed E-state index contributed by atoms with van der Waals surface area (Å²) < 4.78 is 0. The topological polar surface area (TPSA) is 74.6 Å². The van der Waals surface area contributed by atoms with Crippen LogP contribution >= 0.6 is 0 Å². The highest BCUT2D eigenvalue weighted by molar-refractivity contribution is 6.38. The number of hydrogen-bond acceptors (Lipinski definition) is 3. The summed E-state index contributed by atoms with van der Waals surface area (Å²) in [5.74, 6) is -2.52. The fraction of sp³-hybridized carbons (Fsp3) is 0.375. The molecule has 0 unspecified atom stereocenters. The van der Waals surface area contributed by atoms with Gasteiger partial charge in [-0.2, -0.15) is 0 Å². The minimum atomic E-state index is -1.58. The lowest BCUT2D eigenvalue weighted by Gasteiger charge is -2.15. The van der Waals surface area contributed by atoms with E-state index in [0.717, 1.165) is 17.2 Å². The molecule has 0 aromatic heterocycles. The molecule has 0 saturated carbocycles. The Hall–Kier alpha value is -2.10. The van der Waals surface area contributed by atoms with E-state index in [0.29, 0.717) is 11.5 Å². The van der Waals surface area contributed by atoms with Gasteiger partial charge in [0.25, 0.3) is 5.78 Å². The first-order valence-corrected chi connectivity index (χ1v) is 6.56. The van der Waals surface area contributed by atoms with Crippen molar-refractivity contribution in [2.24, 2.45) is 0 Å². The maximum absolute atomic E-state index is 11.1. The molecule has 0 spiro atoms. The van der Waals surface area contributed by atoms with Crippen LogP contribution in [0.3, 0.4) is 0 Å². The van der Waals surface area contributed by atoms with Crippen molar-refractivity contribution in [3.05, 3.63) is 41.0 Å². The van der Waals surface area contributed by atoms with E-state index in [1.165, 1.54) is 0 Å². The first kappa shape index (κ1) is 16.0. The van der Waals surface area contributed by atoms with Gasteiger partial charge in [-0.25, -0.2) is 4.79 Å². The van der Waals surface area contributed by atoms with E-state index in [-0.39, 0.29) is 11.7 Å². The summed E-state index contributed by atoms with van der Waals surface area (Å²) in [5, 5.41) is 18.5. The molecule has 0 fully saturated rings. The van der Waals surface area contributed by atoms with E-state index in [1.54, 1.807) is 6.07 Å². The van der Waals surface area contributed by atoms with E-state index in [9.17, 15) is 14.7 Å². The number of hydrogen-bond donors (Lipinski definition) is 2. The van der Waals surface area contributed by atoms with Crippen molar-refractivity contribution in [2.75, 3.05) is 0 Å². The molecule has 108 valence electrons. The third-order valence-electron chi connectivity index (χ3n) is 3.12. The van der Waals surface area contributed by atoms with Gasteiger partial charge < -0.3 is 10.2 Å². The monoisotopic (exact) mass is 276 g/mol. The van der Waals surface area contributed by atoms with E-state index in [1.807, 2.05) is 26.0 Å². The van der Waals surface area contributed by atoms with Crippen LogP contribution in [0.25, 0.3) is 5.76 Å². The van der Waals surface area contributed by atoms with Crippen molar-refractivity contribution in [3.8, 4) is 0 Å². The van der Waals surface area contributed by atoms with Crippen molar-refractivity contribution in [3.63, 3.8) is 0 Å². The Labute approximate surface area is 118 Å². The van der Waals surface area contributed by atoms with Gasteiger partial charge in [-0.15, -0.1) is 0 Å². The molecule has 0 heterocycles. The van der Waals surface area contributed by atoms with Crippen LogP contribution in [0, 0.1) is 0 Å². The molecule has 0 aliphatic rings. The quantitative estimate of drug-likeness (QED) is 0.490. The Bertz CT molecular complexity index is 554. The fourth-order valence-corrected chi connectivity index (χ4v) is 1.91. The second-order valence-electron chi connectivity index (χ2n) is 5.36. The highest BCUT2D eigenvalue weighted by atomic mass is 16.4. The molecule has 1 aromatic carbocycles. The lowest BCUT2D eigenvalue weighted by Crippen LogP contribution is -2.10. The van der Waals surface area contributed by atoms with Crippen LogP contribution in [0.15, 0.2) is 24.3 Å². The third-order valence-corrected chi connectivity index (χ3v) is 3.12. The number of carboxylic acids is 1. The molecule has 2 N–H and O–H groups in total. The van der Waals surface area contributed by atoms with Crippen LogP contribution in [0.5, 0.6) is 0 Å². The van der Waals surface area contributed by atoms with Gasteiger partial charge in [0.15, 0.2) is 0 Å². The minimum Gasteiger partial charge on any atom is -0.507 e. The Morgan fingerprint density at radius 3 is 2.10 bits per heavy atom. The molecular weight excluding hydrogens is 256 g/mol. The summed E-state index contributed by atoms with van der Waals surface area (Å²) in [6, 6.07) is 5.59. The molecule has 0 saturated heterocycles. The summed E-state index contributed by atoms with van der Waals surface area (Å²) in [6.07, 6.45) is 0.749. The first-order valence-electron chi connectivity index (χ1n) is 6.56. The number of carbonyl (C=O) groups is 2. The molecule has 1 rings (SSSR count). The second-order valence-corrected chi connectivity index (χ2v) is 5.36. The molecule has 0 amide bonds. The Balaban J connectivity index is 3.30. The average molecular weight is 276 g/mol. The van der Waals surface area contributed by atoms with Crippen LogP contribution in [0.2, 0.25) is 0 Å². The van der Waals surface area contributed by atoms with Crippen molar-refractivity contribution in [2.45, 2.75) is 39.5 Å². The predicted octanol–water partition coefficient (Wildman–Crippen LogP) is 3.49. The van der Waals surface area contributed by atoms with Gasteiger partial charge in [-0.1, -0.05) is 45.9 Å². The van der Waals surface area contributed by atoms with E-state index >= 15 is 0 Å². The van der Waals surface area contributed by atoms with Gasteiger partial charge in [0.05, 0.1) is 0 Å². The number of aliphatic hydroxyl groups is 1. The van der Waals surface area contributed by atoms with E-state index in [2.05, 4.69) is 13.8 Å². The van der Waals surface area contributed by atoms with Crippen LogP contribution in [-0.2, 0) is 9.59 Å². The zero-order valence-electron chi connectivity index (χ0n) is 12.2. The van der Waals surface area contributed by atoms with E-state index in [4.69, 9.17) is 5.11 Å². The van der Waals surface area contributed by atoms with Crippen molar-refractivity contribution in [1.29, 1.82) is 0 Å². The molecule has 20 heavy (non-hydrogen) atoms. The lowest BCUT2D eigenvalue weighted by molar-refractivity contribution is -0.146. The van der Waals surface area contributed by atoms with Crippen LogP contribution < -0.4 is 0 Å². The number of carboxylic acid groups (broad SMARTS) is 1. The molecule has 0 radical (unpaired) electrons. The molecule has 4 heteroatoms. The van der Waals surface area contributed by atoms with E-state index < -0.39 is 11.8 Å². The number of ketones is 1. The lowest BCUT2D eigenvalue weighted by atomic mass is 9.90. The summed E-state index contributed by atoms with van der Waals surface area (Å²) in [6.45, 7) is 8.11. The molecule has 0 aliphatic heterocycles. The van der Waals surface area contributed by atoms with Gasteiger partial charge in [-0.3, -0.25) is 4.79 Å². The molecule has 1 aromatic rings. The summed E-state index contributed by atoms with van der Waals surface area (Å²) in [5.41, 5.74) is 2.52. The number of aliphatic carboxylic acids is 1. The number of carbonyl (C=O) groups excluding carboxylic acids is 1. The Morgan fingerprint density at radius 2 is 1.65 bits per heavy atom. The fourth-order valence-electron chi connectivity index (χ4n) is 1.91. The third kappa shape index (κ3) is 3.70. The smallest absolute Gasteiger partial charge is 0.376 e. The summed E-state index contributed by atoms with van der Waals surface area (Å²) in [7, 11) is 0. The highest BCUT2D eigenvalue weighted by Crippen LogP contribution is 2.28. The summed E-state index contributed by atoms with van der Waals surface area (Å²) in [4.78, 5) is 21.7. The predicted molar refractivity (Wildman–Crippen MR) is 77.9 cm³/mol. The first-order chi connectivity index (χ1) is 9.23. The number of benzene rings is 1. The Morgan fingerprint density at radius 1 is 1.05 bits per heavy atom. The van der Waals surface area contributed by atoms with Crippen molar-refractivity contribution >= 4 is 17.5 Å². The minimum absolute atomic E-state index is 0.152. The zero-order chi connectivity index (χ0) is 15.4. The number of aliphatic hydroxyl groups excluding tert-OH is 1. The van der Waals surface area contributed by atoms with Crippen molar-refractivity contribution in [1.82, 2.24) is 0 Å².